The van der Waals surface area contributed by atoms with Crippen LogP contribution in [0.4, 0.5) is 4.39 Å². The molecule has 1 fully saturated rings. The van der Waals surface area contributed by atoms with Crippen molar-refractivity contribution in [3.63, 3.8) is 0 Å². The molecule has 1 aliphatic rings. The van der Waals surface area contributed by atoms with Crippen molar-refractivity contribution in [1.82, 2.24) is 14.9 Å². The van der Waals surface area contributed by atoms with E-state index in [9.17, 15) is 9.18 Å². The van der Waals surface area contributed by atoms with Gasteiger partial charge in [-0.1, -0.05) is 0 Å². The number of hydrogen-bond donors (Lipinski definition) is 1. The van der Waals surface area contributed by atoms with Gasteiger partial charge in [0.25, 0.3) is 5.56 Å². The molecule has 0 radical (unpaired) electrons. The molecule has 1 N–H and O–H groups in total. The molecule has 0 saturated carbocycles. The van der Waals surface area contributed by atoms with Gasteiger partial charge in [0.2, 0.25) is 5.28 Å². The van der Waals surface area contributed by atoms with Gasteiger partial charge >= 0.3 is 0 Å². The first-order valence-electron chi connectivity index (χ1n) is 6.24. The van der Waals surface area contributed by atoms with Crippen molar-refractivity contribution in [3.8, 4) is 0 Å². The summed E-state index contributed by atoms with van der Waals surface area (Å²) in [6.07, 6.45) is 2.09. The van der Waals surface area contributed by atoms with E-state index in [1.54, 1.807) is 0 Å². The van der Waals surface area contributed by atoms with Gasteiger partial charge in [0.05, 0.1) is 10.9 Å². The average Bonchev–Trinajstić information content (AvgIpc) is 2.89. The third kappa shape index (κ3) is 2.35. The van der Waals surface area contributed by atoms with E-state index in [2.05, 4.69) is 10.3 Å². The Kier molecular flexibility index (Phi) is 3.24. The van der Waals surface area contributed by atoms with Crippen molar-refractivity contribution in [3.05, 3.63) is 39.7 Å². The van der Waals surface area contributed by atoms with Gasteiger partial charge in [0.1, 0.15) is 5.82 Å². The summed E-state index contributed by atoms with van der Waals surface area (Å²) in [6, 6.07) is 4.17. The highest BCUT2D eigenvalue weighted by molar-refractivity contribution is 6.28. The lowest BCUT2D eigenvalue weighted by atomic mass is 10.2. The molecule has 1 aliphatic heterocycles. The first-order valence-corrected chi connectivity index (χ1v) is 6.62. The van der Waals surface area contributed by atoms with Crippen LogP contribution in [0.3, 0.4) is 0 Å². The summed E-state index contributed by atoms with van der Waals surface area (Å²) in [7, 11) is 0. The normalized spacial score (nSPS) is 19.2. The Bertz CT molecular complexity index is 679. The Morgan fingerprint density at radius 2 is 2.37 bits per heavy atom. The zero-order valence-electron chi connectivity index (χ0n) is 10.2. The fourth-order valence-electron chi connectivity index (χ4n) is 2.46. The average molecular weight is 282 g/mol. The molecule has 1 unspecified atom stereocenters. The van der Waals surface area contributed by atoms with Crippen molar-refractivity contribution in [2.45, 2.75) is 25.4 Å². The van der Waals surface area contributed by atoms with Crippen LogP contribution < -0.4 is 10.9 Å². The van der Waals surface area contributed by atoms with E-state index < -0.39 is 5.82 Å². The number of nitrogens with zero attached hydrogens (tertiary/aromatic N) is 2. The molecule has 1 atom stereocenters. The summed E-state index contributed by atoms with van der Waals surface area (Å²) in [5.41, 5.74) is 0.134. The van der Waals surface area contributed by atoms with Gasteiger partial charge in [-0.2, -0.15) is 0 Å². The van der Waals surface area contributed by atoms with Crippen LogP contribution in [0.25, 0.3) is 10.9 Å². The topological polar surface area (TPSA) is 46.9 Å². The van der Waals surface area contributed by atoms with E-state index >= 15 is 0 Å². The summed E-state index contributed by atoms with van der Waals surface area (Å²) < 4.78 is 14.6. The Hall–Kier alpha value is -1.46. The predicted molar refractivity (Wildman–Crippen MR) is 72.0 cm³/mol. The van der Waals surface area contributed by atoms with Crippen LogP contribution in [0.15, 0.2) is 23.0 Å². The van der Waals surface area contributed by atoms with E-state index in [0.29, 0.717) is 12.1 Å². The molecular formula is C13H13ClFN3O. The van der Waals surface area contributed by atoms with Crippen LogP contribution in [-0.2, 0) is 6.54 Å². The van der Waals surface area contributed by atoms with Crippen LogP contribution in [0, 0.1) is 5.82 Å². The van der Waals surface area contributed by atoms with Gasteiger partial charge in [-0.05, 0) is 49.2 Å². The minimum atomic E-state index is -0.445. The summed E-state index contributed by atoms with van der Waals surface area (Å²) in [5, 5.41) is 3.72. The number of halogens is 2. The molecule has 1 aromatic carbocycles. The van der Waals surface area contributed by atoms with Gasteiger partial charge in [-0.15, -0.1) is 0 Å². The molecule has 100 valence electrons. The Morgan fingerprint density at radius 1 is 1.53 bits per heavy atom. The molecule has 1 aromatic heterocycles. The first kappa shape index (κ1) is 12.6. The minimum Gasteiger partial charge on any atom is -0.312 e. The van der Waals surface area contributed by atoms with Crippen LogP contribution in [0.5, 0.6) is 0 Å². The minimum absolute atomic E-state index is 0.151. The van der Waals surface area contributed by atoms with Gasteiger partial charge < -0.3 is 5.32 Å². The van der Waals surface area contributed by atoms with Crippen LogP contribution in [-0.4, -0.2) is 22.1 Å². The summed E-state index contributed by atoms with van der Waals surface area (Å²) >= 11 is 6.06. The number of hydrogen-bond acceptors (Lipinski definition) is 3. The molecule has 19 heavy (non-hydrogen) atoms. The highest BCUT2D eigenvalue weighted by Crippen LogP contribution is 2.15. The number of aromatic nitrogens is 2. The van der Waals surface area contributed by atoms with Gasteiger partial charge in [-0.25, -0.2) is 9.37 Å². The first-order chi connectivity index (χ1) is 9.15. The molecule has 0 aliphatic carbocycles. The fourth-order valence-corrected chi connectivity index (χ4v) is 2.69. The van der Waals surface area contributed by atoms with E-state index in [1.165, 1.54) is 22.8 Å². The molecule has 0 amide bonds. The predicted octanol–water partition coefficient (Wildman–Crippen LogP) is 1.94. The number of fused-ring (bicyclic) bond motifs is 1. The maximum absolute atomic E-state index is 13.2. The Morgan fingerprint density at radius 3 is 3.11 bits per heavy atom. The summed E-state index contributed by atoms with van der Waals surface area (Å²) in [4.78, 5) is 16.5. The molecule has 0 spiro atoms. The lowest BCUT2D eigenvalue weighted by Crippen LogP contribution is -2.33. The van der Waals surface area contributed by atoms with Gasteiger partial charge in [-0.3, -0.25) is 9.36 Å². The van der Waals surface area contributed by atoms with Crippen LogP contribution in [0.1, 0.15) is 12.8 Å². The van der Waals surface area contributed by atoms with Crippen molar-refractivity contribution in [1.29, 1.82) is 0 Å². The highest BCUT2D eigenvalue weighted by Gasteiger charge is 2.18. The lowest BCUT2D eigenvalue weighted by molar-refractivity contribution is 0.498. The monoisotopic (exact) mass is 281 g/mol. The number of benzene rings is 1. The van der Waals surface area contributed by atoms with Crippen molar-refractivity contribution < 1.29 is 4.39 Å². The summed E-state index contributed by atoms with van der Waals surface area (Å²) in [5.74, 6) is -0.445. The number of nitrogens with one attached hydrogen (secondary N) is 1. The van der Waals surface area contributed by atoms with Crippen LogP contribution in [0.2, 0.25) is 5.28 Å². The van der Waals surface area contributed by atoms with Gasteiger partial charge in [0.15, 0.2) is 0 Å². The Labute approximate surface area is 114 Å². The van der Waals surface area contributed by atoms with Crippen molar-refractivity contribution >= 4 is 22.5 Å². The molecule has 3 rings (SSSR count). The zero-order valence-corrected chi connectivity index (χ0v) is 11.0. The second kappa shape index (κ2) is 4.90. The zero-order chi connectivity index (χ0) is 13.4. The van der Waals surface area contributed by atoms with Crippen LogP contribution >= 0.6 is 11.6 Å². The van der Waals surface area contributed by atoms with Crippen molar-refractivity contribution in [2.75, 3.05) is 6.54 Å². The molecule has 2 aromatic rings. The summed E-state index contributed by atoms with van der Waals surface area (Å²) in [6.45, 7) is 1.42. The van der Waals surface area contributed by atoms with E-state index in [1.807, 2.05) is 0 Å². The molecule has 0 bridgehead atoms. The largest absolute Gasteiger partial charge is 0.312 e. The highest BCUT2D eigenvalue weighted by atomic mass is 35.5. The third-order valence-electron chi connectivity index (χ3n) is 3.43. The van der Waals surface area contributed by atoms with E-state index in [-0.39, 0.29) is 22.3 Å². The molecule has 6 heteroatoms. The third-order valence-corrected chi connectivity index (χ3v) is 3.72. The fraction of sp³-hybridized carbons (Fsp3) is 0.385. The SMILES string of the molecule is O=c1c2cc(F)ccc2nc(Cl)n1CC1CCCN1. The second-order valence-corrected chi connectivity index (χ2v) is 5.09. The standard InChI is InChI=1S/C13H13ClFN3O/c14-13-17-11-4-3-8(15)6-10(11)12(19)18(13)7-9-2-1-5-16-9/h3-4,6,9,16H,1-2,5,7H2. The van der Waals surface area contributed by atoms with E-state index in [4.69, 9.17) is 11.6 Å². The lowest BCUT2D eigenvalue weighted by Gasteiger charge is -2.14. The molecule has 2 heterocycles. The maximum Gasteiger partial charge on any atom is 0.262 e. The quantitative estimate of drug-likeness (QED) is 0.856. The van der Waals surface area contributed by atoms with Gasteiger partial charge in [0, 0.05) is 12.6 Å². The second-order valence-electron chi connectivity index (χ2n) is 4.75. The smallest absolute Gasteiger partial charge is 0.262 e. The molecule has 4 nitrogen and oxygen atoms in total. The van der Waals surface area contributed by atoms with Crippen molar-refractivity contribution in [2.24, 2.45) is 0 Å². The Balaban J connectivity index is 2.10. The van der Waals surface area contributed by atoms with E-state index in [0.717, 1.165) is 19.4 Å². The molecule has 1 saturated heterocycles. The maximum atomic E-state index is 13.2. The molecular weight excluding hydrogens is 269 g/mol. The number of rotatable bonds is 2.